The predicted molar refractivity (Wildman–Crippen MR) is 130 cm³/mol. The first-order valence-corrected chi connectivity index (χ1v) is 11.4. The summed E-state index contributed by atoms with van der Waals surface area (Å²) in [5, 5.41) is 5.00. The van der Waals surface area contributed by atoms with Gasteiger partial charge in [-0.05, 0) is 36.6 Å². The highest BCUT2D eigenvalue weighted by Gasteiger charge is 2.30. The van der Waals surface area contributed by atoms with Crippen molar-refractivity contribution < 1.29 is 14.3 Å². The van der Waals surface area contributed by atoms with Gasteiger partial charge in [0.05, 0.1) is 35.8 Å². The third-order valence-corrected chi connectivity index (χ3v) is 6.67. The Labute approximate surface area is 203 Å². The number of benzene rings is 2. The largest absolute Gasteiger partial charge is 0.495 e. The Morgan fingerprint density at radius 2 is 1.85 bits per heavy atom. The first kappa shape index (κ1) is 23.5. The Bertz CT molecular complexity index is 1170. The molecule has 0 unspecified atom stereocenters. The molecule has 2 aromatic carbocycles. The Kier molecular flexibility index (Phi) is 6.93. The molecule has 1 amide bonds. The van der Waals surface area contributed by atoms with E-state index in [1.165, 1.54) is 0 Å². The second-order valence-corrected chi connectivity index (χ2v) is 9.10. The number of fused-ring (bicyclic) bond motifs is 1. The van der Waals surface area contributed by atoms with E-state index < -0.39 is 0 Å². The van der Waals surface area contributed by atoms with E-state index in [1.807, 2.05) is 24.4 Å². The molecule has 0 aliphatic carbocycles. The van der Waals surface area contributed by atoms with Crippen molar-refractivity contribution in [1.82, 2.24) is 20.2 Å². The van der Waals surface area contributed by atoms with Crippen LogP contribution in [0.2, 0.25) is 10.0 Å². The van der Waals surface area contributed by atoms with Gasteiger partial charge in [0, 0.05) is 43.7 Å². The van der Waals surface area contributed by atoms with Crippen molar-refractivity contribution in [3.8, 4) is 22.6 Å². The number of methoxy groups -OCH3 is 2. The topological polar surface area (TPSA) is 76.6 Å². The molecule has 0 bridgehead atoms. The SMILES string of the molecule is COc1cc(OC)c(Cl)c(-c2ccc3nc(C[C@@H]4CN[C@H](C(=O)N(C)C)C4)ncc3c2)c1Cl. The number of carbonyl (C=O) groups excluding carboxylic acids is 1. The molecule has 33 heavy (non-hydrogen) atoms. The molecule has 0 radical (unpaired) electrons. The number of hydrogen-bond donors (Lipinski definition) is 1. The van der Waals surface area contributed by atoms with E-state index in [4.69, 9.17) is 37.7 Å². The van der Waals surface area contributed by atoms with Crippen molar-refractivity contribution in [2.45, 2.75) is 18.9 Å². The Morgan fingerprint density at radius 1 is 1.15 bits per heavy atom. The number of aromatic nitrogens is 2. The minimum absolute atomic E-state index is 0.107. The monoisotopic (exact) mass is 488 g/mol. The van der Waals surface area contributed by atoms with E-state index in [9.17, 15) is 4.79 Å². The lowest BCUT2D eigenvalue weighted by Gasteiger charge is -2.16. The van der Waals surface area contributed by atoms with Crippen LogP contribution in [0.15, 0.2) is 30.5 Å². The van der Waals surface area contributed by atoms with Crippen molar-refractivity contribution in [2.75, 3.05) is 34.9 Å². The standard InChI is InChI=1S/C24H26Cl2N4O3/c1-30(2)24(31)17-7-13(11-27-17)8-20-28-12-15-9-14(5-6-16(15)29-20)21-22(25)18(32-3)10-19(33-4)23(21)26/h5-6,9-10,12-13,17,27H,7-8,11H2,1-4H3/t13-,17+/m1/s1. The highest BCUT2D eigenvalue weighted by atomic mass is 35.5. The number of carbonyl (C=O) groups is 1. The summed E-state index contributed by atoms with van der Waals surface area (Å²) in [6.07, 6.45) is 3.31. The lowest BCUT2D eigenvalue weighted by Crippen LogP contribution is -2.39. The second-order valence-electron chi connectivity index (χ2n) is 8.34. The van der Waals surface area contributed by atoms with Crippen molar-refractivity contribution in [2.24, 2.45) is 5.92 Å². The normalized spacial score (nSPS) is 17.9. The van der Waals surface area contributed by atoms with Gasteiger partial charge in [0.15, 0.2) is 0 Å². The number of amides is 1. The molecule has 1 saturated heterocycles. The van der Waals surface area contributed by atoms with Gasteiger partial charge < -0.3 is 19.7 Å². The van der Waals surface area contributed by atoms with Crippen LogP contribution in [0.4, 0.5) is 0 Å². The van der Waals surface area contributed by atoms with Gasteiger partial charge in [-0.2, -0.15) is 0 Å². The van der Waals surface area contributed by atoms with Crippen LogP contribution in [0, 0.1) is 5.92 Å². The highest BCUT2D eigenvalue weighted by Crippen LogP contribution is 2.46. The van der Waals surface area contributed by atoms with Gasteiger partial charge in [-0.3, -0.25) is 4.79 Å². The van der Waals surface area contributed by atoms with Gasteiger partial charge in [0.2, 0.25) is 5.91 Å². The molecule has 174 valence electrons. The lowest BCUT2D eigenvalue weighted by atomic mass is 10.0. The number of rotatable bonds is 6. The molecule has 1 aromatic heterocycles. The van der Waals surface area contributed by atoms with Crippen molar-refractivity contribution in [1.29, 1.82) is 0 Å². The fourth-order valence-corrected chi connectivity index (χ4v) is 4.91. The molecule has 1 fully saturated rings. The highest BCUT2D eigenvalue weighted by molar-refractivity contribution is 6.41. The summed E-state index contributed by atoms with van der Waals surface area (Å²) in [6, 6.07) is 7.34. The van der Waals surface area contributed by atoms with Crippen molar-refractivity contribution >= 4 is 40.0 Å². The smallest absolute Gasteiger partial charge is 0.239 e. The molecule has 1 aliphatic rings. The fraction of sp³-hybridized carbons (Fsp3) is 0.375. The number of likely N-dealkylation sites (N-methyl/N-ethyl adjacent to an activating group) is 1. The quantitative estimate of drug-likeness (QED) is 0.559. The molecule has 1 aliphatic heterocycles. The summed E-state index contributed by atoms with van der Waals surface area (Å²) < 4.78 is 10.8. The van der Waals surface area contributed by atoms with Crippen LogP contribution in [0.3, 0.4) is 0 Å². The van der Waals surface area contributed by atoms with E-state index in [-0.39, 0.29) is 11.9 Å². The average Bonchev–Trinajstić information content (AvgIpc) is 3.27. The Hall–Kier alpha value is -2.61. The molecule has 7 nitrogen and oxygen atoms in total. The zero-order chi connectivity index (χ0) is 23.7. The van der Waals surface area contributed by atoms with Gasteiger partial charge in [-0.15, -0.1) is 0 Å². The summed E-state index contributed by atoms with van der Waals surface area (Å²) in [5.74, 6) is 2.15. The van der Waals surface area contributed by atoms with E-state index in [0.29, 0.717) is 39.4 Å². The summed E-state index contributed by atoms with van der Waals surface area (Å²) in [4.78, 5) is 23.1. The Balaban J connectivity index is 1.59. The number of halogens is 2. The van der Waals surface area contributed by atoms with Gasteiger partial charge in [-0.1, -0.05) is 29.3 Å². The molecule has 0 spiro atoms. The molecular formula is C24H26Cl2N4O3. The van der Waals surface area contributed by atoms with Gasteiger partial charge in [-0.25, -0.2) is 9.97 Å². The second kappa shape index (κ2) is 9.71. The molecule has 1 N–H and O–H groups in total. The maximum atomic E-state index is 12.2. The van der Waals surface area contributed by atoms with Crippen LogP contribution >= 0.6 is 23.2 Å². The van der Waals surface area contributed by atoms with Gasteiger partial charge in [0.25, 0.3) is 0 Å². The van der Waals surface area contributed by atoms with E-state index in [2.05, 4.69) is 10.3 Å². The third kappa shape index (κ3) is 4.71. The zero-order valence-corrected chi connectivity index (χ0v) is 20.5. The summed E-state index contributed by atoms with van der Waals surface area (Å²) >= 11 is 13.1. The van der Waals surface area contributed by atoms with Gasteiger partial charge in [0.1, 0.15) is 17.3 Å². The van der Waals surface area contributed by atoms with E-state index in [0.717, 1.165) is 35.3 Å². The Morgan fingerprint density at radius 3 is 2.48 bits per heavy atom. The minimum Gasteiger partial charge on any atom is -0.495 e. The van der Waals surface area contributed by atoms with Crippen molar-refractivity contribution in [3.63, 3.8) is 0 Å². The summed E-state index contributed by atoms with van der Waals surface area (Å²) in [6.45, 7) is 0.777. The molecule has 3 aromatic rings. The average molecular weight is 489 g/mol. The molecule has 2 heterocycles. The summed E-state index contributed by atoms with van der Waals surface area (Å²) in [7, 11) is 6.65. The first-order chi connectivity index (χ1) is 15.8. The maximum absolute atomic E-state index is 12.2. The van der Waals surface area contributed by atoms with Crippen LogP contribution in [0.1, 0.15) is 12.2 Å². The van der Waals surface area contributed by atoms with Crippen LogP contribution < -0.4 is 14.8 Å². The molecule has 9 heteroatoms. The minimum atomic E-state index is -0.137. The summed E-state index contributed by atoms with van der Waals surface area (Å²) in [5.41, 5.74) is 2.28. The third-order valence-electron chi connectivity index (χ3n) is 5.92. The molecule has 0 saturated carbocycles. The number of ether oxygens (including phenoxy) is 2. The van der Waals surface area contributed by atoms with Gasteiger partial charge >= 0.3 is 0 Å². The van der Waals surface area contributed by atoms with Crippen molar-refractivity contribution in [3.05, 3.63) is 46.3 Å². The lowest BCUT2D eigenvalue weighted by molar-refractivity contribution is -0.130. The number of nitrogens with one attached hydrogen (secondary N) is 1. The first-order valence-electron chi connectivity index (χ1n) is 10.6. The van der Waals surface area contributed by atoms with Crippen LogP contribution in [0.25, 0.3) is 22.0 Å². The maximum Gasteiger partial charge on any atom is 0.239 e. The number of hydrogen-bond acceptors (Lipinski definition) is 6. The van der Waals surface area contributed by atoms with Crippen LogP contribution in [-0.2, 0) is 11.2 Å². The van der Waals surface area contributed by atoms with E-state index >= 15 is 0 Å². The van der Waals surface area contributed by atoms with E-state index in [1.54, 1.807) is 39.3 Å². The number of nitrogens with zero attached hydrogens (tertiary/aromatic N) is 3. The molecular weight excluding hydrogens is 463 g/mol. The molecule has 2 atom stereocenters. The predicted octanol–water partition coefficient (Wildman–Crippen LogP) is 4.23. The van der Waals surface area contributed by atoms with Crippen LogP contribution in [0.5, 0.6) is 11.5 Å². The fourth-order valence-electron chi connectivity index (χ4n) is 4.19. The molecule has 4 rings (SSSR count). The zero-order valence-electron chi connectivity index (χ0n) is 19.0. The van der Waals surface area contributed by atoms with Crippen LogP contribution in [-0.4, -0.2) is 61.7 Å².